The molecule has 8 aromatic rings. The van der Waals surface area contributed by atoms with Gasteiger partial charge in [-0.3, -0.25) is 4.57 Å². The predicted octanol–water partition coefficient (Wildman–Crippen LogP) is 9.85. The Balaban J connectivity index is 1.40. The summed E-state index contributed by atoms with van der Waals surface area (Å²) in [7, 11) is 0. The molecule has 6 aromatic carbocycles. The molecule has 0 aliphatic heterocycles. The van der Waals surface area contributed by atoms with Gasteiger partial charge in [0.05, 0.1) is 16.6 Å². The number of benzene rings is 6. The van der Waals surface area contributed by atoms with Gasteiger partial charge in [0.1, 0.15) is 0 Å². The monoisotopic (exact) mass is 537 g/mol. The Hall–Kier alpha value is -5.28. The van der Waals surface area contributed by atoms with Crippen molar-refractivity contribution in [3.63, 3.8) is 0 Å². The fraction of sp³-hybridized carbons (Fsp3) is 0.0769. The summed E-state index contributed by atoms with van der Waals surface area (Å²) in [6, 6.07) is 43.6. The van der Waals surface area contributed by atoms with Crippen LogP contribution in [0.3, 0.4) is 0 Å². The van der Waals surface area contributed by atoms with Crippen LogP contribution in [0, 0.1) is 0 Å². The van der Waals surface area contributed by atoms with Crippen LogP contribution in [-0.4, -0.2) is 14.5 Å². The summed E-state index contributed by atoms with van der Waals surface area (Å²) in [6.07, 6.45) is 1.96. The molecular formula is C39H27N3. The Morgan fingerprint density at radius 2 is 1.29 bits per heavy atom. The fourth-order valence-electron chi connectivity index (χ4n) is 7.18. The molecule has 3 heteroatoms. The van der Waals surface area contributed by atoms with Crippen molar-refractivity contribution < 1.29 is 0 Å². The molecule has 1 aliphatic carbocycles. The van der Waals surface area contributed by atoms with Crippen molar-refractivity contribution >= 4 is 43.5 Å². The zero-order valence-corrected chi connectivity index (χ0v) is 23.5. The molecule has 0 saturated heterocycles. The molecule has 1 aliphatic rings. The van der Waals surface area contributed by atoms with Gasteiger partial charge in [-0.1, -0.05) is 123 Å². The number of aromatic nitrogens is 3. The van der Waals surface area contributed by atoms with E-state index in [1.165, 1.54) is 54.9 Å². The van der Waals surface area contributed by atoms with E-state index in [0.717, 1.165) is 22.0 Å². The van der Waals surface area contributed by atoms with E-state index in [1.807, 2.05) is 12.3 Å². The Bertz CT molecular complexity index is 2380. The minimum atomic E-state index is -0.126. The van der Waals surface area contributed by atoms with Crippen molar-refractivity contribution in [2.45, 2.75) is 19.3 Å². The van der Waals surface area contributed by atoms with Crippen LogP contribution in [-0.2, 0) is 5.41 Å². The third kappa shape index (κ3) is 3.11. The summed E-state index contributed by atoms with van der Waals surface area (Å²) in [5.74, 6) is 0.693. The number of para-hydroxylation sites is 1. The van der Waals surface area contributed by atoms with Gasteiger partial charge in [0, 0.05) is 33.3 Å². The van der Waals surface area contributed by atoms with E-state index in [1.54, 1.807) is 0 Å². The third-order valence-corrected chi connectivity index (χ3v) is 9.24. The van der Waals surface area contributed by atoms with Crippen molar-refractivity contribution in [3.8, 4) is 28.2 Å². The summed E-state index contributed by atoms with van der Waals surface area (Å²) in [4.78, 5) is 10.2. The minimum Gasteiger partial charge on any atom is -0.277 e. The van der Waals surface area contributed by atoms with Crippen molar-refractivity contribution in [3.05, 3.63) is 139 Å². The van der Waals surface area contributed by atoms with Gasteiger partial charge in [0.2, 0.25) is 5.95 Å². The molecule has 0 N–H and O–H groups in total. The molecule has 0 bridgehead atoms. The lowest BCUT2D eigenvalue weighted by Gasteiger charge is -2.21. The maximum atomic E-state index is 5.24. The molecular weight excluding hydrogens is 510 g/mol. The highest BCUT2D eigenvalue weighted by molar-refractivity contribution is 6.18. The molecule has 0 radical (unpaired) electrons. The second-order valence-electron chi connectivity index (χ2n) is 11.9. The number of nitrogens with zero attached hydrogens (tertiary/aromatic N) is 3. The summed E-state index contributed by atoms with van der Waals surface area (Å²) in [5, 5.41) is 6.01. The molecule has 0 atom stereocenters. The number of fused-ring (bicyclic) bond motifs is 10. The van der Waals surface area contributed by atoms with Crippen molar-refractivity contribution in [2.24, 2.45) is 0 Å². The second kappa shape index (κ2) is 8.37. The molecule has 0 saturated carbocycles. The van der Waals surface area contributed by atoms with Gasteiger partial charge in [-0.15, -0.1) is 0 Å². The minimum absolute atomic E-state index is 0.126. The highest BCUT2D eigenvalue weighted by Crippen LogP contribution is 2.54. The van der Waals surface area contributed by atoms with E-state index >= 15 is 0 Å². The van der Waals surface area contributed by atoms with Crippen LogP contribution in [0.5, 0.6) is 0 Å². The molecule has 0 fully saturated rings. The first-order valence-electron chi connectivity index (χ1n) is 14.5. The maximum Gasteiger partial charge on any atom is 0.235 e. The van der Waals surface area contributed by atoms with Crippen molar-refractivity contribution in [2.75, 3.05) is 0 Å². The topological polar surface area (TPSA) is 30.7 Å². The Morgan fingerprint density at radius 1 is 0.571 bits per heavy atom. The molecule has 2 heterocycles. The van der Waals surface area contributed by atoms with Crippen LogP contribution in [0.15, 0.2) is 128 Å². The third-order valence-electron chi connectivity index (χ3n) is 9.24. The second-order valence-corrected chi connectivity index (χ2v) is 11.9. The zero-order chi connectivity index (χ0) is 28.0. The van der Waals surface area contributed by atoms with Gasteiger partial charge >= 0.3 is 0 Å². The highest BCUT2D eigenvalue weighted by Gasteiger charge is 2.38. The van der Waals surface area contributed by atoms with Crippen LogP contribution in [0.25, 0.3) is 71.7 Å². The SMILES string of the molecule is CC1(C)c2ccc3ccccc3c2-c2c1ccc1c3ccccc3n(-c3ncc4ccc(-c5ccccc5)cc4n3)c21. The first kappa shape index (κ1) is 23.4. The summed E-state index contributed by atoms with van der Waals surface area (Å²) < 4.78 is 2.30. The normalized spacial score (nSPS) is 13.7. The molecule has 198 valence electrons. The Kier molecular flexibility index (Phi) is 4.67. The van der Waals surface area contributed by atoms with E-state index in [-0.39, 0.29) is 5.41 Å². The molecule has 3 nitrogen and oxygen atoms in total. The average Bonchev–Trinajstić information content (AvgIpc) is 3.50. The quantitative estimate of drug-likeness (QED) is 0.220. The van der Waals surface area contributed by atoms with Crippen LogP contribution in [0.1, 0.15) is 25.0 Å². The van der Waals surface area contributed by atoms with Gasteiger partial charge in [0.15, 0.2) is 0 Å². The van der Waals surface area contributed by atoms with Crippen molar-refractivity contribution in [1.29, 1.82) is 0 Å². The van der Waals surface area contributed by atoms with Crippen LogP contribution in [0.4, 0.5) is 0 Å². The lowest BCUT2D eigenvalue weighted by Crippen LogP contribution is -2.14. The van der Waals surface area contributed by atoms with Gasteiger partial charge < -0.3 is 0 Å². The number of rotatable bonds is 2. The maximum absolute atomic E-state index is 5.24. The smallest absolute Gasteiger partial charge is 0.235 e. The average molecular weight is 538 g/mol. The number of hydrogen-bond donors (Lipinski definition) is 0. The van der Waals surface area contributed by atoms with Gasteiger partial charge in [-0.2, -0.15) is 0 Å². The summed E-state index contributed by atoms with van der Waals surface area (Å²) in [5.41, 5.74) is 10.8. The van der Waals surface area contributed by atoms with E-state index in [9.17, 15) is 0 Å². The largest absolute Gasteiger partial charge is 0.277 e. The molecule has 2 aromatic heterocycles. The molecule has 42 heavy (non-hydrogen) atoms. The summed E-state index contributed by atoms with van der Waals surface area (Å²) in [6.45, 7) is 4.70. The first-order chi connectivity index (χ1) is 20.6. The standard InChI is InChI=1S/C39H27N3/c1-39(2)31-20-18-25-12-6-7-13-28(25)35(31)36-32(39)21-19-30-29-14-8-9-15-34(29)42(37(30)36)38-40-23-27-17-16-26(22-33(27)41-38)24-10-4-3-5-11-24/h3-23H,1-2H3. The van der Waals surface area contributed by atoms with Gasteiger partial charge in [0.25, 0.3) is 0 Å². The van der Waals surface area contributed by atoms with Gasteiger partial charge in [-0.05, 0) is 50.7 Å². The molecule has 0 amide bonds. The molecule has 0 spiro atoms. The fourth-order valence-corrected chi connectivity index (χ4v) is 7.18. The highest BCUT2D eigenvalue weighted by atomic mass is 15.2. The zero-order valence-electron chi connectivity index (χ0n) is 23.5. The Morgan fingerprint density at radius 3 is 2.17 bits per heavy atom. The van der Waals surface area contributed by atoms with Crippen LogP contribution < -0.4 is 0 Å². The molecule has 0 unspecified atom stereocenters. The number of hydrogen-bond acceptors (Lipinski definition) is 2. The summed E-state index contributed by atoms with van der Waals surface area (Å²) >= 11 is 0. The van der Waals surface area contributed by atoms with E-state index in [2.05, 4.69) is 134 Å². The Labute approximate surface area is 243 Å². The van der Waals surface area contributed by atoms with E-state index in [4.69, 9.17) is 9.97 Å². The van der Waals surface area contributed by atoms with Crippen LogP contribution in [0.2, 0.25) is 0 Å². The van der Waals surface area contributed by atoms with Crippen molar-refractivity contribution in [1.82, 2.24) is 14.5 Å². The first-order valence-corrected chi connectivity index (χ1v) is 14.5. The van der Waals surface area contributed by atoms with Crippen LogP contribution >= 0.6 is 0 Å². The lowest BCUT2D eigenvalue weighted by atomic mass is 9.82. The predicted molar refractivity (Wildman–Crippen MR) is 174 cm³/mol. The van der Waals surface area contributed by atoms with E-state index in [0.29, 0.717) is 5.95 Å². The van der Waals surface area contributed by atoms with Gasteiger partial charge in [-0.25, -0.2) is 9.97 Å². The lowest BCUT2D eigenvalue weighted by molar-refractivity contribution is 0.661. The molecule has 9 rings (SSSR count). The van der Waals surface area contributed by atoms with E-state index < -0.39 is 0 Å².